The van der Waals surface area contributed by atoms with E-state index < -0.39 is 0 Å². The van der Waals surface area contributed by atoms with Gasteiger partial charge >= 0.3 is 0 Å². The third-order valence-electron chi connectivity index (χ3n) is 3.19. The maximum absolute atomic E-state index is 12.4. The Hall–Kier alpha value is -1.65. The average molecular weight is 248 g/mol. The summed E-state index contributed by atoms with van der Waals surface area (Å²) >= 11 is 0. The van der Waals surface area contributed by atoms with Crippen LogP contribution in [-0.2, 0) is 4.79 Å². The Kier molecular flexibility index (Phi) is 3.24. The van der Waals surface area contributed by atoms with Crippen molar-refractivity contribution < 1.29 is 4.79 Å². The van der Waals surface area contributed by atoms with Gasteiger partial charge in [-0.1, -0.05) is 20.8 Å². The SMILES string of the molecule is CC(C)(C)C(=O)N1CCC[C@H]1c1ccnc(N)n1. The Morgan fingerprint density at radius 1 is 1.50 bits per heavy atom. The monoisotopic (exact) mass is 248 g/mol. The number of likely N-dealkylation sites (tertiary alicyclic amines) is 1. The molecule has 2 heterocycles. The molecule has 1 aliphatic rings. The Morgan fingerprint density at radius 2 is 2.22 bits per heavy atom. The van der Waals surface area contributed by atoms with E-state index in [4.69, 9.17) is 5.73 Å². The van der Waals surface area contributed by atoms with Crippen LogP contribution in [-0.4, -0.2) is 27.3 Å². The number of hydrogen-bond donors (Lipinski definition) is 1. The van der Waals surface area contributed by atoms with Crippen molar-refractivity contribution in [2.45, 2.75) is 39.7 Å². The fourth-order valence-corrected chi connectivity index (χ4v) is 2.32. The van der Waals surface area contributed by atoms with E-state index >= 15 is 0 Å². The summed E-state index contributed by atoms with van der Waals surface area (Å²) in [5, 5.41) is 0. The number of carbonyl (C=O) groups excluding carboxylic acids is 1. The molecule has 2 rings (SSSR count). The van der Waals surface area contributed by atoms with Crippen LogP contribution in [0.2, 0.25) is 0 Å². The minimum absolute atomic E-state index is 0.0435. The summed E-state index contributed by atoms with van der Waals surface area (Å²) in [4.78, 5) is 22.4. The summed E-state index contributed by atoms with van der Waals surface area (Å²) in [5.41, 5.74) is 6.09. The van der Waals surface area contributed by atoms with E-state index in [0.29, 0.717) is 0 Å². The number of aromatic nitrogens is 2. The van der Waals surface area contributed by atoms with Crippen molar-refractivity contribution in [2.75, 3.05) is 12.3 Å². The summed E-state index contributed by atoms with van der Waals surface area (Å²) in [7, 11) is 0. The van der Waals surface area contributed by atoms with E-state index in [1.54, 1.807) is 6.20 Å². The van der Waals surface area contributed by atoms with Gasteiger partial charge in [0.25, 0.3) is 0 Å². The third kappa shape index (κ3) is 2.44. The van der Waals surface area contributed by atoms with Crippen molar-refractivity contribution >= 4 is 11.9 Å². The first-order valence-corrected chi connectivity index (χ1v) is 6.29. The highest BCUT2D eigenvalue weighted by Crippen LogP contribution is 2.34. The normalized spacial score (nSPS) is 20.2. The van der Waals surface area contributed by atoms with Gasteiger partial charge in [-0.15, -0.1) is 0 Å². The molecule has 0 aromatic carbocycles. The number of carbonyl (C=O) groups is 1. The number of rotatable bonds is 1. The Labute approximate surface area is 107 Å². The van der Waals surface area contributed by atoms with Gasteiger partial charge in [0.2, 0.25) is 11.9 Å². The van der Waals surface area contributed by atoms with Gasteiger partial charge in [0.15, 0.2) is 0 Å². The lowest BCUT2D eigenvalue weighted by Crippen LogP contribution is -2.39. The maximum Gasteiger partial charge on any atom is 0.228 e. The molecule has 0 radical (unpaired) electrons. The summed E-state index contributed by atoms with van der Waals surface area (Å²) in [6, 6.07) is 1.89. The highest BCUT2D eigenvalue weighted by Gasteiger charge is 2.36. The molecular formula is C13H20N4O. The topological polar surface area (TPSA) is 72.1 Å². The molecule has 1 aromatic rings. The molecule has 0 bridgehead atoms. The second-order valence-corrected chi connectivity index (χ2v) is 5.75. The molecule has 1 fully saturated rings. The summed E-state index contributed by atoms with van der Waals surface area (Å²) < 4.78 is 0. The number of nitrogen functional groups attached to an aromatic ring is 1. The lowest BCUT2D eigenvalue weighted by atomic mass is 9.94. The van der Waals surface area contributed by atoms with Crippen molar-refractivity contribution in [3.8, 4) is 0 Å². The van der Waals surface area contributed by atoms with E-state index in [1.807, 2.05) is 31.7 Å². The van der Waals surface area contributed by atoms with E-state index in [-0.39, 0.29) is 23.3 Å². The van der Waals surface area contributed by atoms with Gasteiger partial charge in [0.1, 0.15) is 0 Å². The standard InChI is InChI=1S/C13H20N4O/c1-13(2,3)11(18)17-8-4-5-10(17)9-6-7-15-12(14)16-9/h6-7,10H,4-5,8H2,1-3H3,(H2,14,15,16)/t10-/m0/s1. The first-order valence-electron chi connectivity index (χ1n) is 6.29. The minimum atomic E-state index is -0.360. The zero-order valence-electron chi connectivity index (χ0n) is 11.2. The molecule has 5 nitrogen and oxygen atoms in total. The molecule has 1 atom stereocenters. The molecule has 2 N–H and O–H groups in total. The smallest absolute Gasteiger partial charge is 0.228 e. The number of amides is 1. The fourth-order valence-electron chi connectivity index (χ4n) is 2.32. The first-order chi connectivity index (χ1) is 8.39. The maximum atomic E-state index is 12.4. The van der Waals surface area contributed by atoms with E-state index in [9.17, 15) is 4.79 Å². The van der Waals surface area contributed by atoms with Crippen molar-refractivity contribution in [3.63, 3.8) is 0 Å². The Balaban J connectivity index is 2.25. The molecule has 98 valence electrons. The molecule has 0 unspecified atom stereocenters. The Morgan fingerprint density at radius 3 is 2.83 bits per heavy atom. The average Bonchev–Trinajstić information content (AvgIpc) is 2.75. The van der Waals surface area contributed by atoms with Gasteiger partial charge in [-0.2, -0.15) is 0 Å². The van der Waals surface area contributed by atoms with Gasteiger partial charge < -0.3 is 10.6 Å². The predicted octanol–water partition coefficient (Wildman–Crippen LogP) is 1.77. The van der Waals surface area contributed by atoms with Crippen molar-refractivity contribution in [2.24, 2.45) is 5.41 Å². The number of nitrogens with zero attached hydrogens (tertiary/aromatic N) is 3. The van der Waals surface area contributed by atoms with E-state index in [1.165, 1.54) is 0 Å². The molecule has 0 saturated carbocycles. The number of nitrogens with two attached hydrogens (primary N) is 1. The predicted molar refractivity (Wildman–Crippen MR) is 69.6 cm³/mol. The molecule has 18 heavy (non-hydrogen) atoms. The van der Waals surface area contributed by atoms with E-state index in [0.717, 1.165) is 25.1 Å². The number of anilines is 1. The van der Waals surface area contributed by atoms with Crippen LogP contribution in [0.4, 0.5) is 5.95 Å². The van der Waals surface area contributed by atoms with Crippen LogP contribution in [0.5, 0.6) is 0 Å². The largest absolute Gasteiger partial charge is 0.368 e. The summed E-state index contributed by atoms with van der Waals surface area (Å²) in [5.74, 6) is 0.435. The third-order valence-corrected chi connectivity index (χ3v) is 3.19. The van der Waals surface area contributed by atoms with Crippen molar-refractivity contribution in [3.05, 3.63) is 18.0 Å². The van der Waals surface area contributed by atoms with Gasteiger partial charge in [-0.25, -0.2) is 9.97 Å². The highest BCUT2D eigenvalue weighted by atomic mass is 16.2. The number of hydrogen-bond acceptors (Lipinski definition) is 4. The minimum Gasteiger partial charge on any atom is -0.368 e. The van der Waals surface area contributed by atoms with Crippen LogP contribution in [0.25, 0.3) is 0 Å². The molecule has 0 aliphatic carbocycles. The molecular weight excluding hydrogens is 228 g/mol. The first kappa shape index (κ1) is 12.8. The van der Waals surface area contributed by atoms with Crippen molar-refractivity contribution in [1.82, 2.24) is 14.9 Å². The highest BCUT2D eigenvalue weighted by molar-refractivity contribution is 5.82. The van der Waals surface area contributed by atoms with Gasteiger partial charge in [-0.05, 0) is 18.9 Å². The Bertz CT molecular complexity index is 453. The van der Waals surface area contributed by atoms with Gasteiger partial charge in [-0.3, -0.25) is 4.79 Å². The lowest BCUT2D eigenvalue weighted by Gasteiger charge is -2.30. The molecule has 0 spiro atoms. The summed E-state index contributed by atoms with van der Waals surface area (Å²) in [6.07, 6.45) is 3.60. The van der Waals surface area contributed by atoms with Crippen LogP contribution >= 0.6 is 0 Å². The second kappa shape index (κ2) is 4.55. The lowest BCUT2D eigenvalue weighted by molar-refractivity contribution is -0.140. The van der Waals surface area contributed by atoms with Crippen molar-refractivity contribution in [1.29, 1.82) is 0 Å². The van der Waals surface area contributed by atoms with E-state index in [2.05, 4.69) is 9.97 Å². The fraction of sp³-hybridized carbons (Fsp3) is 0.615. The van der Waals surface area contributed by atoms with Crippen LogP contribution in [0, 0.1) is 5.41 Å². The van der Waals surface area contributed by atoms with Crippen LogP contribution < -0.4 is 5.73 Å². The second-order valence-electron chi connectivity index (χ2n) is 5.75. The quantitative estimate of drug-likeness (QED) is 0.822. The van der Waals surface area contributed by atoms with Crippen LogP contribution in [0.3, 0.4) is 0 Å². The zero-order valence-corrected chi connectivity index (χ0v) is 11.2. The molecule has 1 amide bonds. The molecule has 1 saturated heterocycles. The van der Waals surface area contributed by atoms with Crippen LogP contribution in [0.15, 0.2) is 12.3 Å². The zero-order chi connectivity index (χ0) is 13.3. The molecule has 1 aliphatic heterocycles. The molecule has 5 heteroatoms. The molecule has 1 aromatic heterocycles. The van der Waals surface area contributed by atoms with Gasteiger partial charge in [0.05, 0.1) is 11.7 Å². The van der Waals surface area contributed by atoms with Gasteiger partial charge in [0, 0.05) is 18.2 Å². The van der Waals surface area contributed by atoms with Crippen LogP contribution in [0.1, 0.15) is 45.3 Å². The summed E-state index contributed by atoms with van der Waals surface area (Å²) in [6.45, 7) is 6.63.